The molecule has 2 N–H and O–H groups in total. The Bertz CT molecular complexity index is 313. The van der Waals surface area contributed by atoms with E-state index in [-0.39, 0.29) is 12.2 Å². The second-order valence-corrected chi connectivity index (χ2v) is 5.64. The molecule has 0 aromatic carbocycles. The molecule has 0 rings (SSSR count). The summed E-state index contributed by atoms with van der Waals surface area (Å²) in [5.74, 6) is -0.833. The van der Waals surface area contributed by atoms with Gasteiger partial charge in [0, 0.05) is 0 Å². The summed E-state index contributed by atoms with van der Waals surface area (Å²) in [6, 6.07) is -1.05. The van der Waals surface area contributed by atoms with E-state index >= 15 is 0 Å². The van der Waals surface area contributed by atoms with Crippen molar-refractivity contribution in [3.8, 4) is 0 Å². The van der Waals surface area contributed by atoms with Crippen LogP contribution in [0.2, 0.25) is 0 Å². The van der Waals surface area contributed by atoms with Crippen molar-refractivity contribution in [3.05, 3.63) is 12.7 Å². The third kappa shape index (κ3) is 6.53. The molecule has 5 nitrogen and oxygen atoms in total. The molecule has 0 aromatic heterocycles. The second kappa shape index (κ2) is 6.86. The predicted octanol–water partition coefficient (Wildman–Crippen LogP) is 0.298. The zero-order valence-electron chi connectivity index (χ0n) is 8.47. The Morgan fingerprint density at radius 3 is 2.67 bits per heavy atom. The van der Waals surface area contributed by atoms with Gasteiger partial charge in [-0.05, 0) is 18.4 Å². The monoisotopic (exact) mass is 253 g/mol. The van der Waals surface area contributed by atoms with E-state index in [1.807, 2.05) is 6.26 Å². The summed E-state index contributed by atoms with van der Waals surface area (Å²) < 4.78 is 24.6. The van der Waals surface area contributed by atoms with Crippen molar-refractivity contribution < 1.29 is 18.3 Å². The fourth-order valence-electron chi connectivity index (χ4n) is 0.889. The number of carbonyl (C=O) groups is 1. The van der Waals surface area contributed by atoms with E-state index in [1.165, 1.54) is 17.8 Å². The minimum Gasteiger partial charge on any atom is -0.480 e. The Balaban J connectivity index is 4.40. The van der Waals surface area contributed by atoms with Gasteiger partial charge in [-0.3, -0.25) is 4.79 Å². The first kappa shape index (κ1) is 14.5. The number of sulfonamides is 1. The van der Waals surface area contributed by atoms with Gasteiger partial charge in [-0.2, -0.15) is 11.8 Å². The molecule has 0 radical (unpaired) electrons. The summed E-state index contributed by atoms with van der Waals surface area (Å²) in [4.78, 5) is 10.7. The highest BCUT2D eigenvalue weighted by atomic mass is 32.2. The van der Waals surface area contributed by atoms with Crippen molar-refractivity contribution in [1.29, 1.82) is 0 Å². The van der Waals surface area contributed by atoms with Crippen molar-refractivity contribution in [3.63, 3.8) is 0 Å². The molecule has 0 aliphatic rings. The molecule has 0 bridgehead atoms. The van der Waals surface area contributed by atoms with Gasteiger partial charge in [-0.1, -0.05) is 6.08 Å². The Morgan fingerprint density at radius 1 is 1.67 bits per heavy atom. The van der Waals surface area contributed by atoms with Crippen LogP contribution in [0, 0.1) is 0 Å². The minimum atomic E-state index is -3.56. The van der Waals surface area contributed by atoms with Crippen molar-refractivity contribution in [2.75, 3.05) is 17.8 Å². The molecule has 0 heterocycles. The highest BCUT2D eigenvalue weighted by molar-refractivity contribution is 7.98. The van der Waals surface area contributed by atoms with E-state index in [0.29, 0.717) is 5.75 Å². The number of hydrogen-bond donors (Lipinski definition) is 2. The first-order chi connectivity index (χ1) is 6.93. The summed E-state index contributed by atoms with van der Waals surface area (Å²) in [5, 5.41) is 8.77. The number of hydrogen-bond acceptors (Lipinski definition) is 4. The molecule has 1 atom stereocenters. The maximum atomic E-state index is 11.3. The zero-order valence-corrected chi connectivity index (χ0v) is 10.1. The van der Waals surface area contributed by atoms with Gasteiger partial charge in [0.1, 0.15) is 6.04 Å². The van der Waals surface area contributed by atoms with Gasteiger partial charge in [0.05, 0.1) is 5.75 Å². The normalized spacial score (nSPS) is 13.4. The lowest BCUT2D eigenvalue weighted by molar-refractivity contribution is -0.139. The molecule has 0 aromatic rings. The average molecular weight is 253 g/mol. The predicted molar refractivity (Wildman–Crippen MR) is 61.5 cm³/mol. The summed E-state index contributed by atoms with van der Waals surface area (Å²) in [5.41, 5.74) is 0. The van der Waals surface area contributed by atoms with Gasteiger partial charge in [0.25, 0.3) is 0 Å². The molecular formula is C8H15NO4S2. The molecule has 0 fully saturated rings. The van der Waals surface area contributed by atoms with Crippen molar-refractivity contribution in [1.82, 2.24) is 4.72 Å². The lowest BCUT2D eigenvalue weighted by atomic mass is 10.2. The first-order valence-electron chi connectivity index (χ1n) is 4.25. The number of aliphatic carboxylic acids is 1. The number of nitrogens with one attached hydrogen (secondary N) is 1. The van der Waals surface area contributed by atoms with E-state index in [2.05, 4.69) is 11.3 Å². The molecule has 0 saturated carbocycles. The lowest BCUT2D eigenvalue weighted by Crippen LogP contribution is -2.41. The van der Waals surface area contributed by atoms with Gasteiger partial charge in [-0.25, -0.2) is 13.1 Å². The van der Waals surface area contributed by atoms with Gasteiger partial charge in [0.15, 0.2) is 0 Å². The largest absolute Gasteiger partial charge is 0.480 e. The van der Waals surface area contributed by atoms with Gasteiger partial charge < -0.3 is 5.11 Å². The molecule has 15 heavy (non-hydrogen) atoms. The molecule has 88 valence electrons. The smallest absolute Gasteiger partial charge is 0.321 e. The third-order valence-electron chi connectivity index (χ3n) is 1.57. The Labute approximate surface area is 94.0 Å². The molecule has 0 amide bonds. The van der Waals surface area contributed by atoms with E-state index in [4.69, 9.17) is 5.11 Å². The molecular weight excluding hydrogens is 238 g/mol. The van der Waals surface area contributed by atoms with Gasteiger partial charge in [0.2, 0.25) is 10.0 Å². The van der Waals surface area contributed by atoms with Gasteiger partial charge >= 0.3 is 5.97 Å². The van der Waals surface area contributed by atoms with Crippen molar-refractivity contribution in [2.24, 2.45) is 0 Å². The summed E-state index contributed by atoms with van der Waals surface area (Å²) in [6.07, 6.45) is 3.32. The van der Waals surface area contributed by atoms with Crippen LogP contribution in [-0.2, 0) is 14.8 Å². The molecule has 0 spiro atoms. The van der Waals surface area contributed by atoms with Crippen LogP contribution in [0.4, 0.5) is 0 Å². The lowest BCUT2D eigenvalue weighted by Gasteiger charge is -2.13. The van der Waals surface area contributed by atoms with Crippen LogP contribution in [-0.4, -0.2) is 43.3 Å². The van der Waals surface area contributed by atoms with E-state index < -0.39 is 22.0 Å². The number of carboxylic acids is 1. The number of rotatable bonds is 8. The number of carboxylic acid groups (broad SMARTS) is 1. The van der Waals surface area contributed by atoms with Crippen molar-refractivity contribution in [2.45, 2.75) is 12.5 Å². The quantitative estimate of drug-likeness (QED) is 0.608. The number of thioether (sulfide) groups is 1. The Morgan fingerprint density at radius 2 is 2.27 bits per heavy atom. The molecule has 0 aliphatic heterocycles. The SMILES string of the molecule is C=CCS(=O)(=O)N[C@@H](CCSC)C(=O)O. The molecule has 0 aliphatic carbocycles. The molecule has 0 unspecified atom stereocenters. The first-order valence-corrected chi connectivity index (χ1v) is 7.30. The standard InChI is InChI=1S/C8H15NO4S2/c1-3-6-15(12,13)9-7(8(10)11)4-5-14-2/h3,7,9H,1,4-6H2,2H3,(H,10,11)/t7-/m0/s1. The van der Waals surface area contributed by atoms with E-state index in [1.54, 1.807) is 0 Å². The highest BCUT2D eigenvalue weighted by Crippen LogP contribution is 2.02. The second-order valence-electron chi connectivity index (χ2n) is 2.86. The van der Waals surface area contributed by atoms with Crippen LogP contribution in [0.5, 0.6) is 0 Å². The molecule has 0 saturated heterocycles. The van der Waals surface area contributed by atoms with Crippen molar-refractivity contribution >= 4 is 27.8 Å². The molecule has 7 heteroatoms. The summed E-state index contributed by atoms with van der Waals surface area (Å²) in [6.45, 7) is 3.29. The van der Waals surface area contributed by atoms with Crippen LogP contribution < -0.4 is 4.72 Å². The Hall–Kier alpha value is -0.530. The van der Waals surface area contributed by atoms with Crippen LogP contribution in [0.3, 0.4) is 0 Å². The third-order valence-corrected chi connectivity index (χ3v) is 3.53. The summed E-state index contributed by atoms with van der Waals surface area (Å²) in [7, 11) is -3.56. The fraction of sp³-hybridized carbons (Fsp3) is 0.625. The average Bonchev–Trinajstić information content (AvgIpc) is 2.11. The fourth-order valence-corrected chi connectivity index (χ4v) is 2.42. The minimum absolute atomic E-state index is 0.268. The van der Waals surface area contributed by atoms with E-state index in [9.17, 15) is 13.2 Å². The highest BCUT2D eigenvalue weighted by Gasteiger charge is 2.22. The van der Waals surface area contributed by atoms with Gasteiger partial charge in [-0.15, -0.1) is 6.58 Å². The zero-order chi connectivity index (χ0) is 11.9. The topological polar surface area (TPSA) is 83.5 Å². The maximum Gasteiger partial charge on any atom is 0.321 e. The Kier molecular flexibility index (Phi) is 6.62. The van der Waals surface area contributed by atoms with Crippen LogP contribution in [0.15, 0.2) is 12.7 Å². The van der Waals surface area contributed by atoms with Crippen LogP contribution in [0.25, 0.3) is 0 Å². The van der Waals surface area contributed by atoms with Crippen LogP contribution in [0.1, 0.15) is 6.42 Å². The summed E-state index contributed by atoms with van der Waals surface area (Å²) >= 11 is 1.47. The van der Waals surface area contributed by atoms with E-state index in [0.717, 1.165) is 0 Å². The maximum absolute atomic E-state index is 11.3. The van der Waals surface area contributed by atoms with Crippen LogP contribution >= 0.6 is 11.8 Å².